The molecule has 0 unspecified atom stereocenters. The van der Waals surface area contributed by atoms with Gasteiger partial charge >= 0.3 is 0 Å². The summed E-state index contributed by atoms with van der Waals surface area (Å²) in [6.07, 6.45) is 1.75. The third-order valence-corrected chi connectivity index (χ3v) is 4.41. The van der Waals surface area contributed by atoms with Crippen molar-refractivity contribution in [2.24, 2.45) is 5.92 Å². The molecule has 2 aliphatic rings. The predicted molar refractivity (Wildman–Crippen MR) is 94.6 cm³/mol. The van der Waals surface area contributed by atoms with Crippen molar-refractivity contribution in [1.82, 2.24) is 10.2 Å². The van der Waals surface area contributed by atoms with E-state index in [1.165, 1.54) is 0 Å². The number of carbonyl (C=O) groups is 2. The van der Waals surface area contributed by atoms with Crippen LogP contribution in [0.15, 0.2) is 24.3 Å². The molecule has 2 fully saturated rings. The Kier molecular flexibility index (Phi) is 7.02. The van der Waals surface area contributed by atoms with Gasteiger partial charge < -0.3 is 20.3 Å². The van der Waals surface area contributed by atoms with Crippen LogP contribution in [-0.2, 0) is 9.53 Å². The van der Waals surface area contributed by atoms with Gasteiger partial charge in [0.2, 0.25) is 5.91 Å². The molecule has 0 radical (unpaired) electrons. The molecule has 2 N–H and O–H groups in total. The molecular weight excluding hydrogens is 330 g/mol. The summed E-state index contributed by atoms with van der Waals surface area (Å²) in [5, 5.41) is 6.20. The first kappa shape index (κ1) is 18.7. The van der Waals surface area contributed by atoms with Crippen molar-refractivity contribution in [2.45, 2.75) is 12.8 Å². The van der Waals surface area contributed by atoms with Gasteiger partial charge in [0.15, 0.2) is 0 Å². The number of hydrogen-bond acceptors (Lipinski definition) is 4. The van der Waals surface area contributed by atoms with Crippen LogP contribution in [0, 0.1) is 5.92 Å². The third-order valence-electron chi connectivity index (χ3n) is 4.41. The zero-order chi connectivity index (χ0) is 16.1. The standard InChI is InChI=1S/C17H23N3O3.ClH/c21-16(13-5-7-18-8-6-13)19-15-3-1-14(2-4-15)17(22)20-9-11-23-12-10-20;/h1-4,13,18H,5-12H2,(H,19,21);1H. The van der Waals surface area contributed by atoms with Crippen LogP contribution in [0.5, 0.6) is 0 Å². The summed E-state index contributed by atoms with van der Waals surface area (Å²) in [7, 11) is 0. The third kappa shape index (κ3) is 4.69. The van der Waals surface area contributed by atoms with E-state index in [4.69, 9.17) is 4.74 Å². The Morgan fingerprint density at radius 3 is 2.33 bits per heavy atom. The average molecular weight is 354 g/mol. The van der Waals surface area contributed by atoms with Crippen LogP contribution in [0.3, 0.4) is 0 Å². The van der Waals surface area contributed by atoms with Gasteiger partial charge in [0.1, 0.15) is 0 Å². The van der Waals surface area contributed by atoms with Crippen LogP contribution in [0.1, 0.15) is 23.2 Å². The number of benzene rings is 1. The molecule has 24 heavy (non-hydrogen) atoms. The van der Waals surface area contributed by atoms with E-state index in [1.807, 2.05) is 0 Å². The van der Waals surface area contributed by atoms with Crippen LogP contribution in [-0.4, -0.2) is 56.1 Å². The summed E-state index contributed by atoms with van der Waals surface area (Å²) in [4.78, 5) is 26.4. The molecule has 0 aliphatic carbocycles. The summed E-state index contributed by atoms with van der Waals surface area (Å²) in [6, 6.07) is 7.14. The van der Waals surface area contributed by atoms with Crippen molar-refractivity contribution in [3.8, 4) is 0 Å². The van der Waals surface area contributed by atoms with Crippen LogP contribution in [0.25, 0.3) is 0 Å². The van der Waals surface area contributed by atoms with Crippen molar-refractivity contribution in [3.05, 3.63) is 29.8 Å². The van der Waals surface area contributed by atoms with Crippen LogP contribution < -0.4 is 10.6 Å². The van der Waals surface area contributed by atoms with Crippen molar-refractivity contribution in [1.29, 1.82) is 0 Å². The maximum atomic E-state index is 12.4. The molecule has 0 spiro atoms. The molecule has 0 atom stereocenters. The Morgan fingerprint density at radius 1 is 1.08 bits per heavy atom. The minimum absolute atomic E-state index is 0. The summed E-state index contributed by atoms with van der Waals surface area (Å²) in [6.45, 7) is 4.24. The van der Waals surface area contributed by atoms with E-state index in [1.54, 1.807) is 29.2 Å². The Bertz CT molecular complexity index is 553. The zero-order valence-corrected chi connectivity index (χ0v) is 14.4. The first-order valence-electron chi connectivity index (χ1n) is 8.23. The first-order valence-corrected chi connectivity index (χ1v) is 8.23. The van der Waals surface area contributed by atoms with Gasteiger partial charge in [0, 0.05) is 30.3 Å². The number of nitrogens with one attached hydrogen (secondary N) is 2. The number of nitrogens with zero attached hydrogens (tertiary/aromatic N) is 1. The number of halogens is 1. The van der Waals surface area contributed by atoms with E-state index in [9.17, 15) is 9.59 Å². The second kappa shape index (κ2) is 9.01. The minimum Gasteiger partial charge on any atom is -0.378 e. The molecule has 7 heteroatoms. The SMILES string of the molecule is Cl.O=C(Nc1ccc(C(=O)N2CCOCC2)cc1)C1CCNCC1. The van der Waals surface area contributed by atoms with Crippen molar-refractivity contribution < 1.29 is 14.3 Å². The lowest BCUT2D eigenvalue weighted by Gasteiger charge is -2.27. The van der Waals surface area contributed by atoms with E-state index in [2.05, 4.69) is 10.6 Å². The van der Waals surface area contributed by atoms with Gasteiger partial charge in [-0.1, -0.05) is 0 Å². The molecule has 2 aliphatic heterocycles. The molecular formula is C17H24ClN3O3. The number of amides is 2. The smallest absolute Gasteiger partial charge is 0.254 e. The van der Waals surface area contributed by atoms with Gasteiger partial charge in [0.25, 0.3) is 5.91 Å². The number of morpholine rings is 1. The monoisotopic (exact) mass is 353 g/mol. The van der Waals surface area contributed by atoms with Gasteiger partial charge in [-0.2, -0.15) is 0 Å². The molecule has 0 saturated carbocycles. The number of piperidine rings is 1. The van der Waals surface area contributed by atoms with E-state index in [-0.39, 0.29) is 30.1 Å². The fourth-order valence-corrected chi connectivity index (χ4v) is 2.97. The van der Waals surface area contributed by atoms with E-state index < -0.39 is 0 Å². The molecule has 2 heterocycles. The van der Waals surface area contributed by atoms with E-state index in [0.29, 0.717) is 31.9 Å². The Balaban J connectivity index is 0.00000208. The average Bonchev–Trinajstić information content (AvgIpc) is 2.63. The number of rotatable bonds is 3. The van der Waals surface area contributed by atoms with Gasteiger partial charge in [0.05, 0.1) is 13.2 Å². The minimum atomic E-state index is 0. The second-order valence-corrected chi connectivity index (χ2v) is 6.00. The van der Waals surface area contributed by atoms with Crippen LogP contribution in [0.2, 0.25) is 0 Å². The number of hydrogen-bond donors (Lipinski definition) is 2. The maximum absolute atomic E-state index is 12.4. The van der Waals surface area contributed by atoms with Crippen molar-refractivity contribution >= 4 is 29.9 Å². The lowest BCUT2D eigenvalue weighted by atomic mass is 9.97. The number of anilines is 1. The molecule has 1 aromatic carbocycles. The lowest BCUT2D eigenvalue weighted by molar-refractivity contribution is -0.120. The van der Waals surface area contributed by atoms with Gasteiger partial charge in [-0.05, 0) is 50.2 Å². The van der Waals surface area contributed by atoms with Gasteiger partial charge in [-0.15, -0.1) is 12.4 Å². The summed E-state index contributed by atoms with van der Waals surface area (Å²) in [5.41, 5.74) is 1.39. The number of carbonyl (C=O) groups excluding carboxylic acids is 2. The highest BCUT2D eigenvalue weighted by Gasteiger charge is 2.21. The molecule has 0 bridgehead atoms. The molecule has 2 saturated heterocycles. The van der Waals surface area contributed by atoms with E-state index >= 15 is 0 Å². The quantitative estimate of drug-likeness (QED) is 0.864. The van der Waals surface area contributed by atoms with Crippen LogP contribution in [0.4, 0.5) is 5.69 Å². The molecule has 1 aromatic rings. The Labute approximate surface area is 148 Å². The Morgan fingerprint density at radius 2 is 1.71 bits per heavy atom. The molecule has 6 nitrogen and oxygen atoms in total. The first-order chi connectivity index (χ1) is 11.2. The second-order valence-electron chi connectivity index (χ2n) is 6.00. The van der Waals surface area contributed by atoms with Gasteiger partial charge in [-0.3, -0.25) is 9.59 Å². The molecule has 0 aromatic heterocycles. The van der Waals surface area contributed by atoms with Crippen LogP contribution >= 0.6 is 12.4 Å². The highest BCUT2D eigenvalue weighted by molar-refractivity contribution is 5.96. The zero-order valence-electron chi connectivity index (χ0n) is 13.6. The predicted octanol–water partition coefficient (Wildman–Crippen LogP) is 1.52. The summed E-state index contributed by atoms with van der Waals surface area (Å²) >= 11 is 0. The molecule has 132 valence electrons. The summed E-state index contributed by atoms with van der Waals surface area (Å²) < 4.78 is 5.26. The lowest BCUT2D eigenvalue weighted by Crippen LogP contribution is -2.40. The fraction of sp³-hybridized carbons (Fsp3) is 0.529. The van der Waals surface area contributed by atoms with Crippen molar-refractivity contribution in [3.63, 3.8) is 0 Å². The van der Waals surface area contributed by atoms with Crippen molar-refractivity contribution in [2.75, 3.05) is 44.7 Å². The largest absolute Gasteiger partial charge is 0.378 e. The fourth-order valence-electron chi connectivity index (χ4n) is 2.97. The molecule has 2 amide bonds. The van der Waals surface area contributed by atoms with Gasteiger partial charge in [-0.25, -0.2) is 0 Å². The topological polar surface area (TPSA) is 70.7 Å². The number of ether oxygens (including phenoxy) is 1. The highest BCUT2D eigenvalue weighted by Crippen LogP contribution is 2.17. The maximum Gasteiger partial charge on any atom is 0.254 e. The highest BCUT2D eigenvalue weighted by atomic mass is 35.5. The van der Waals surface area contributed by atoms with E-state index in [0.717, 1.165) is 31.6 Å². The normalized spacial score (nSPS) is 18.6. The Hall–Kier alpha value is -1.63. The summed E-state index contributed by atoms with van der Waals surface area (Å²) in [5.74, 6) is 0.161. The molecule has 3 rings (SSSR count).